The number of alkyl halides is 16. The quantitative estimate of drug-likeness (QED) is 0.0513. The first kappa shape index (κ1) is 98.7. The molecule has 1 spiro atoms. The Morgan fingerprint density at radius 3 is 1.24 bits per heavy atom. The summed E-state index contributed by atoms with van der Waals surface area (Å²) in [5.41, 5.74) is -4.26. The van der Waals surface area contributed by atoms with Crippen molar-refractivity contribution in [3.63, 3.8) is 0 Å². The number of ether oxygens (including phenoxy) is 11. The SMILES string of the molecule is CC(F)(F)C(=O)OC12CC3CC(C1)C1(OCC(F)(F)C(F)(F)CO1)C(C3)C2.CC(F)(F)C(=O)OC1C2CC3CC1CC(C(=O)OCOC1C4CC5CC(C4)CC1C5)(C3)C2.CC(F)(F)COC(=O)C12CC3CC(C1)C(=O)C(C3)C2.CC(F)(F)COC(=O)C12CC3CC(CC(C3)C1)C2.CC(F)(F)COC(=O)C12CC3CC(CC(O)(C3)C1)C2.CC(F)(F)COC(=O)C1C2CC3C(=O)OC1C3C2. The van der Waals surface area contributed by atoms with Crippen LogP contribution < -0.4 is 0 Å². The summed E-state index contributed by atoms with van der Waals surface area (Å²) in [6.45, 7) is -2.33. The molecule has 21 nitrogen and oxygen atoms in total. The lowest BCUT2D eigenvalue weighted by atomic mass is 9.48. The van der Waals surface area contributed by atoms with Crippen LogP contribution >= 0.6 is 0 Å². The summed E-state index contributed by atoms with van der Waals surface area (Å²) in [6.07, 6.45) is 26.3. The molecule has 13 unspecified atom stereocenters. The van der Waals surface area contributed by atoms with Gasteiger partial charge in [0.15, 0.2) is 39.0 Å². The van der Waals surface area contributed by atoms with Gasteiger partial charge in [-0.15, -0.1) is 0 Å². The van der Waals surface area contributed by atoms with Gasteiger partial charge in [-0.2, -0.15) is 35.1 Å². The summed E-state index contributed by atoms with van der Waals surface area (Å²) in [5.74, 6) is -30.1. The van der Waals surface area contributed by atoms with Crippen molar-refractivity contribution < 1.29 is 171 Å². The van der Waals surface area contributed by atoms with E-state index < -0.39 is 185 Å². The second kappa shape index (κ2) is 34.8. The lowest BCUT2D eigenvalue weighted by Crippen LogP contribution is -2.66. The molecule has 0 amide bonds. The number of hydrogen-bond donors (Lipinski definition) is 1. The van der Waals surface area contributed by atoms with E-state index in [0.717, 1.165) is 110 Å². The van der Waals surface area contributed by atoms with Crippen LogP contribution in [0.2, 0.25) is 0 Å². The summed E-state index contributed by atoms with van der Waals surface area (Å²) in [7, 11) is 0. The molecule has 37 heteroatoms. The second-order valence-electron chi connectivity index (χ2n) is 46.9. The monoisotopic (exact) mass is 1920 g/mol. The van der Waals surface area contributed by atoms with Crippen LogP contribution in [0, 0.1) is 152 Å². The van der Waals surface area contributed by atoms with E-state index in [9.17, 15) is 119 Å². The van der Waals surface area contributed by atoms with Crippen molar-refractivity contribution in [3.8, 4) is 0 Å². The molecule has 28 aliphatic rings. The summed E-state index contributed by atoms with van der Waals surface area (Å²) in [5, 5.41) is 10.5. The zero-order valence-corrected chi connectivity index (χ0v) is 76.1. The minimum absolute atomic E-state index is 0.0166. The molecule has 0 aromatic heterocycles. The van der Waals surface area contributed by atoms with Gasteiger partial charge in [-0.1, -0.05) is 0 Å². The Labute approximate surface area is 761 Å². The van der Waals surface area contributed by atoms with Crippen LogP contribution in [0.3, 0.4) is 0 Å². The molecule has 26 bridgehead atoms. The van der Waals surface area contributed by atoms with Crippen molar-refractivity contribution in [1.82, 2.24) is 0 Å². The number of rotatable bonds is 20. The summed E-state index contributed by atoms with van der Waals surface area (Å²) in [6, 6.07) is 0. The highest BCUT2D eigenvalue weighted by molar-refractivity contribution is 5.90. The van der Waals surface area contributed by atoms with E-state index >= 15 is 0 Å². The van der Waals surface area contributed by atoms with Gasteiger partial charge in [0.2, 0.25) is 0 Å². The maximum absolute atomic E-state index is 13.7. The van der Waals surface area contributed by atoms with Crippen molar-refractivity contribution in [2.45, 2.75) is 343 Å². The fourth-order valence-electron chi connectivity index (χ4n) is 31.9. The highest BCUT2D eigenvalue weighted by Gasteiger charge is 2.72. The molecule has 2 heterocycles. The Kier molecular flexibility index (Phi) is 25.9. The zero-order valence-electron chi connectivity index (χ0n) is 76.1. The van der Waals surface area contributed by atoms with E-state index in [0.29, 0.717) is 151 Å². The molecule has 26 saturated carbocycles. The van der Waals surface area contributed by atoms with Crippen LogP contribution in [0.25, 0.3) is 0 Å². The molecule has 28 rings (SSSR count). The fourth-order valence-corrected chi connectivity index (χ4v) is 31.9. The first-order valence-corrected chi connectivity index (χ1v) is 48.4. The molecule has 748 valence electrons. The van der Waals surface area contributed by atoms with Gasteiger partial charge in [-0.05, 0) is 307 Å². The molecule has 0 aromatic carbocycles. The van der Waals surface area contributed by atoms with Gasteiger partial charge in [0, 0.05) is 71.1 Å². The van der Waals surface area contributed by atoms with Crippen LogP contribution in [0.5, 0.6) is 0 Å². The normalized spacial score (nSPS) is 43.4. The minimum atomic E-state index is -4.36. The predicted molar refractivity (Wildman–Crippen MR) is 430 cm³/mol. The molecule has 0 aromatic rings. The first-order chi connectivity index (χ1) is 61.7. The lowest BCUT2D eigenvalue weighted by molar-refractivity contribution is -0.355. The van der Waals surface area contributed by atoms with E-state index in [1.54, 1.807) is 0 Å². The highest BCUT2D eigenvalue weighted by Crippen LogP contribution is 2.69. The van der Waals surface area contributed by atoms with E-state index in [2.05, 4.69) is 4.74 Å². The summed E-state index contributed by atoms with van der Waals surface area (Å²) >= 11 is 0. The Balaban J connectivity index is 0.000000113. The van der Waals surface area contributed by atoms with Gasteiger partial charge < -0.3 is 57.2 Å². The van der Waals surface area contributed by atoms with Gasteiger partial charge in [-0.25, -0.2) is 44.7 Å². The maximum Gasteiger partial charge on any atom is 0.377 e. The molecule has 13 atom stereocenters. The van der Waals surface area contributed by atoms with Gasteiger partial charge >= 0.3 is 71.4 Å². The number of ketones is 1. The Hall–Kier alpha value is -5.85. The zero-order chi connectivity index (χ0) is 95.9. The van der Waals surface area contributed by atoms with Crippen LogP contribution in [-0.4, -0.2) is 188 Å². The number of halogens is 16. The van der Waals surface area contributed by atoms with E-state index in [-0.39, 0.29) is 96.8 Å². The number of carbonyl (C=O) groups excluding carboxylic acids is 9. The number of hydrogen-bond acceptors (Lipinski definition) is 21. The molecule has 2 aliphatic heterocycles. The Morgan fingerprint density at radius 1 is 0.391 bits per heavy atom. The number of esters is 8. The van der Waals surface area contributed by atoms with Crippen molar-refractivity contribution in [2.24, 2.45) is 152 Å². The van der Waals surface area contributed by atoms with Gasteiger partial charge in [0.1, 0.15) is 36.8 Å². The van der Waals surface area contributed by atoms with Crippen molar-refractivity contribution in [1.29, 1.82) is 0 Å². The van der Waals surface area contributed by atoms with Crippen LogP contribution in [0.4, 0.5) is 70.2 Å². The minimum Gasteiger partial charge on any atom is -0.461 e. The standard InChI is InChI=1S/C25H34F2O5.C17H20F6O4.C14H20F2O3.C14H18F2O3.C14H20F2O2.C12H14F2O4/c1-24(26,27)22(28)32-21-18-7-15-8-19(21)11-25(9-15,10-18)23(29)31-12-30-20-16-3-13-2-14(5-16)6-17(20)4-13;1-13(18,19)12(24)27-14-4-9-2-10(5-14)17(11(3-9)6-14)25-7-15(20,21)16(22,23)8-26-17;1-12(15,16)8-19-11(17)13-3-9-2-10(4-13)6-14(18,5-9)7-13;1-13(15,16)7-19-12(18)14-4-8-2-9(5-14)11(17)10(3-8)6-14;1-13(15,16)8-18-12(17)14-5-9-2-10(6-14)4-11(3-9)7-14;1-12(13,14)4-17-11(16)8-5-2-6-7(3-5)10(15)18-9(6)8/h13-21H,2-12H2,1H3;9-11H,2-8H2,1H3;9-10,18H,2-8H2,1H3;8-10H,2-7H2,1H3;9-11H,2-8H2,1H3;5-9H,2-4H2,1H3. The molecule has 2 saturated heterocycles. The van der Waals surface area contributed by atoms with Crippen molar-refractivity contribution in [3.05, 3.63) is 0 Å². The van der Waals surface area contributed by atoms with E-state index in [1.807, 2.05) is 0 Å². The van der Waals surface area contributed by atoms with Gasteiger partial charge in [-0.3, -0.25) is 33.6 Å². The topological polar surface area (TPSA) is 275 Å². The summed E-state index contributed by atoms with van der Waals surface area (Å²) < 4.78 is 267. The average molecular weight is 1920 g/mol. The van der Waals surface area contributed by atoms with Gasteiger partial charge in [0.25, 0.3) is 23.7 Å². The molecule has 1 N–H and O–H groups in total. The van der Waals surface area contributed by atoms with E-state index in [1.165, 1.54) is 51.4 Å². The van der Waals surface area contributed by atoms with Crippen molar-refractivity contribution >= 4 is 53.5 Å². The fraction of sp³-hybridized carbons (Fsp3) is 0.906. The van der Waals surface area contributed by atoms with Crippen molar-refractivity contribution in [2.75, 3.05) is 46.4 Å². The summed E-state index contributed by atoms with van der Waals surface area (Å²) in [4.78, 5) is 109. The highest BCUT2D eigenvalue weighted by atomic mass is 19.3. The molecule has 26 aliphatic carbocycles. The largest absolute Gasteiger partial charge is 0.461 e. The number of fused-ring (bicyclic) bond motifs is 1. The Morgan fingerprint density at radius 2 is 0.782 bits per heavy atom. The first-order valence-electron chi connectivity index (χ1n) is 48.4. The Bertz CT molecular complexity index is 4260. The molecule has 0 radical (unpaired) electrons. The van der Waals surface area contributed by atoms with Gasteiger partial charge in [0.05, 0.1) is 45.2 Å². The third-order valence-electron chi connectivity index (χ3n) is 35.2. The van der Waals surface area contributed by atoms with Crippen LogP contribution in [-0.2, 0) is 95.3 Å². The van der Waals surface area contributed by atoms with E-state index in [4.69, 9.17) is 47.4 Å². The average Bonchev–Trinajstić information content (AvgIpc) is 1.67. The third kappa shape index (κ3) is 20.2. The molecular weight excluding hydrogens is 1790 g/mol. The van der Waals surface area contributed by atoms with Crippen LogP contribution in [0.1, 0.15) is 260 Å². The number of Topliss-reactive ketones (excluding diaryl/α,β-unsaturated/α-hetero) is 1. The second-order valence-corrected chi connectivity index (χ2v) is 46.9. The molecule has 28 fully saturated rings. The molecule has 133 heavy (non-hydrogen) atoms. The number of carbonyl (C=O) groups is 9. The third-order valence-corrected chi connectivity index (χ3v) is 35.2. The smallest absolute Gasteiger partial charge is 0.377 e. The van der Waals surface area contributed by atoms with Crippen LogP contribution in [0.15, 0.2) is 0 Å². The number of aliphatic hydroxyl groups is 1. The predicted octanol–water partition coefficient (Wildman–Crippen LogP) is 18.4. The molecular formula is C96H126F16O21. The maximum atomic E-state index is 13.7. The lowest BCUT2D eigenvalue weighted by Gasteiger charge is -2.63.